The van der Waals surface area contributed by atoms with E-state index in [1.165, 1.54) is 12.4 Å². The second-order valence-corrected chi connectivity index (χ2v) is 4.30. The van der Waals surface area contributed by atoms with E-state index in [1.807, 2.05) is 18.7 Å². The van der Waals surface area contributed by atoms with Crippen molar-refractivity contribution in [3.05, 3.63) is 18.1 Å². The molecule has 1 aliphatic heterocycles. The minimum Gasteiger partial charge on any atom is -0.476 e. The van der Waals surface area contributed by atoms with Crippen LogP contribution in [0.5, 0.6) is 0 Å². The Labute approximate surface area is 99.2 Å². The SMILES string of the molecule is CCOC1(C)CN(c2cnc(C(=O)O)cn2)C1. The summed E-state index contributed by atoms with van der Waals surface area (Å²) in [6.07, 6.45) is 2.75. The van der Waals surface area contributed by atoms with Crippen LogP contribution in [0.3, 0.4) is 0 Å². The van der Waals surface area contributed by atoms with Gasteiger partial charge in [-0.05, 0) is 13.8 Å². The van der Waals surface area contributed by atoms with E-state index in [2.05, 4.69) is 9.97 Å². The maximum atomic E-state index is 10.6. The summed E-state index contributed by atoms with van der Waals surface area (Å²) in [5.41, 5.74) is -0.163. The summed E-state index contributed by atoms with van der Waals surface area (Å²) < 4.78 is 5.60. The van der Waals surface area contributed by atoms with Gasteiger partial charge in [0.1, 0.15) is 11.4 Å². The first-order valence-corrected chi connectivity index (χ1v) is 5.48. The molecule has 0 bridgehead atoms. The molecule has 1 N–H and O–H groups in total. The number of aromatic nitrogens is 2. The van der Waals surface area contributed by atoms with E-state index in [0.29, 0.717) is 12.4 Å². The van der Waals surface area contributed by atoms with Crippen LogP contribution in [0.25, 0.3) is 0 Å². The van der Waals surface area contributed by atoms with Gasteiger partial charge in [-0.3, -0.25) is 0 Å². The Balaban J connectivity index is 1.99. The normalized spacial score (nSPS) is 17.6. The molecule has 2 heterocycles. The maximum Gasteiger partial charge on any atom is 0.356 e. The van der Waals surface area contributed by atoms with Crippen molar-refractivity contribution >= 4 is 11.8 Å². The number of carboxylic acids is 1. The van der Waals surface area contributed by atoms with Gasteiger partial charge in [0.2, 0.25) is 0 Å². The van der Waals surface area contributed by atoms with Gasteiger partial charge >= 0.3 is 5.97 Å². The molecule has 92 valence electrons. The quantitative estimate of drug-likeness (QED) is 0.834. The lowest BCUT2D eigenvalue weighted by atomic mass is 9.96. The zero-order chi connectivity index (χ0) is 12.5. The van der Waals surface area contributed by atoms with Crippen LogP contribution in [-0.2, 0) is 4.74 Å². The summed E-state index contributed by atoms with van der Waals surface area (Å²) in [4.78, 5) is 20.5. The highest BCUT2D eigenvalue weighted by molar-refractivity contribution is 5.84. The summed E-state index contributed by atoms with van der Waals surface area (Å²) in [5.74, 6) is -0.376. The number of carboxylic acid groups (broad SMARTS) is 1. The lowest BCUT2D eigenvalue weighted by Gasteiger charge is -2.47. The molecule has 2 rings (SSSR count). The summed E-state index contributed by atoms with van der Waals surface area (Å²) in [6.45, 7) is 6.21. The number of anilines is 1. The van der Waals surface area contributed by atoms with Gasteiger partial charge in [-0.15, -0.1) is 0 Å². The van der Waals surface area contributed by atoms with E-state index in [-0.39, 0.29) is 11.3 Å². The number of hydrogen-bond donors (Lipinski definition) is 1. The van der Waals surface area contributed by atoms with Gasteiger partial charge in [0.15, 0.2) is 5.69 Å². The van der Waals surface area contributed by atoms with Crippen molar-refractivity contribution in [1.29, 1.82) is 0 Å². The predicted molar refractivity (Wildman–Crippen MR) is 61.2 cm³/mol. The minimum absolute atomic E-state index is 0.0400. The van der Waals surface area contributed by atoms with E-state index in [0.717, 1.165) is 13.1 Å². The van der Waals surface area contributed by atoms with Crippen LogP contribution in [0.2, 0.25) is 0 Å². The number of hydrogen-bond acceptors (Lipinski definition) is 5. The van der Waals surface area contributed by atoms with Crippen molar-refractivity contribution in [2.24, 2.45) is 0 Å². The van der Waals surface area contributed by atoms with E-state index in [9.17, 15) is 4.79 Å². The molecule has 17 heavy (non-hydrogen) atoms. The topological polar surface area (TPSA) is 75.5 Å². The molecule has 1 aliphatic rings. The number of ether oxygens (including phenoxy) is 1. The monoisotopic (exact) mass is 237 g/mol. The summed E-state index contributed by atoms with van der Waals surface area (Å²) in [6, 6.07) is 0. The van der Waals surface area contributed by atoms with Crippen LogP contribution < -0.4 is 4.90 Å². The smallest absolute Gasteiger partial charge is 0.356 e. The van der Waals surface area contributed by atoms with Crippen LogP contribution in [0, 0.1) is 0 Å². The molecule has 0 amide bonds. The Morgan fingerprint density at radius 2 is 2.24 bits per heavy atom. The first kappa shape index (κ1) is 11.8. The average Bonchev–Trinajstić information content (AvgIpc) is 2.26. The van der Waals surface area contributed by atoms with Crippen molar-refractivity contribution in [3.8, 4) is 0 Å². The molecular weight excluding hydrogens is 222 g/mol. The molecule has 0 aliphatic carbocycles. The zero-order valence-electron chi connectivity index (χ0n) is 9.88. The Hall–Kier alpha value is -1.69. The van der Waals surface area contributed by atoms with E-state index >= 15 is 0 Å². The molecule has 0 atom stereocenters. The molecule has 0 aromatic carbocycles. The second-order valence-electron chi connectivity index (χ2n) is 4.30. The van der Waals surface area contributed by atoms with Gasteiger partial charge in [-0.2, -0.15) is 0 Å². The van der Waals surface area contributed by atoms with E-state index < -0.39 is 5.97 Å². The number of nitrogens with zero attached hydrogens (tertiary/aromatic N) is 3. The first-order chi connectivity index (χ1) is 8.04. The molecule has 6 nitrogen and oxygen atoms in total. The van der Waals surface area contributed by atoms with Gasteiger partial charge < -0.3 is 14.7 Å². The molecule has 6 heteroatoms. The predicted octanol–water partition coefficient (Wildman–Crippen LogP) is 0.790. The molecule has 0 saturated carbocycles. The highest BCUT2D eigenvalue weighted by Gasteiger charge is 2.40. The van der Waals surface area contributed by atoms with Crippen LogP contribution in [-0.4, -0.2) is 46.3 Å². The highest BCUT2D eigenvalue weighted by atomic mass is 16.5. The molecule has 1 saturated heterocycles. The van der Waals surface area contributed by atoms with Crippen LogP contribution >= 0.6 is 0 Å². The lowest BCUT2D eigenvalue weighted by Crippen LogP contribution is -2.61. The molecule has 0 spiro atoms. The second kappa shape index (κ2) is 4.29. The summed E-state index contributed by atoms with van der Waals surface area (Å²) in [5, 5.41) is 8.70. The van der Waals surface area contributed by atoms with Crippen molar-refractivity contribution in [3.63, 3.8) is 0 Å². The standard InChI is InChI=1S/C11H15N3O3/c1-3-17-11(2)6-14(7-11)9-5-12-8(4-13-9)10(15)16/h4-5H,3,6-7H2,1-2H3,(H,15,16). The Morgan fingerprint density at radius 3 is 2.71 bits per heavy atom. The fourth-order valence-corrected chi connectivity index (χ4v) is 1.96. The molecule has 0 unspecified atom stereocenters. The third kappa shape index (κ3) is 2.36. The third-order valence-electron chi connectivity index (χ3n) is 2.72. The zero-order valence-corrected chi connectivity index (χ0v) is 9.88. The Kier molecular flexibility index (Phi) is 2.97. The van der Waals surface area contributed by atoms with Crippen molar-refractivity contribution in [2.45, 2.75) is 19.4 Å². The van der Waals surface area contributed by atoms with E-state index in [4.69, 9.17) is 9.84 Å². The highest BCUT2D eigenvalue weighted by Crippen LogP contribution is 2.28. The van der Waals surface area contributed by atoms with Gasteiger partial charge in [-0.1, -0.05) is 0 Å². The third-order valence-corrected chi connectivity index (χ3v) is 2.72. The van der Waals surface area contributed by atoms with Gasteiger partial charge in [-0.25, -0.2) is 14.8 Å². The number of rotatable bonds is 4. The first-order valence-electron chi connectivity index (χ1n) is 5.48. The Morgan fingerprint density at radius 1 is 1.53 bits per heavy atom. The Bertz CT molecular complexity index is 412. The van der Waals surface area contributed by atoms with Crippen molar-refractivity contribution in [1.82, 2.24) is 9.97 Å². The fraction of sp³-hybridized carbons (Fsp3) is 0.545. The lowest BCUT2D eigenvalue weighted by molar-refractivity contribution is -0.0448. The van der Waals surface area contributed by atoms with Gasteiger partial charge in [0.05, 0.1) is 25.5 Å². The largest absolute Gasteiger partial charge is 0.476 e. The van der Waals surface area contributed by atoms with Crippen LogP contribution in [0.1, 0.15) is 24.3 Å². The average molecular weight is 237 g/mol. The maximum absolute atomic E-state index is 10.6. The van der Waals surface area contributed by atoms with E-state index in [1.54, 1.807) is 0 Å². The van der Waals surface area contributed by atoms with Crippen molar-refractivity contribution < 1.29 is 14.6 Å². The van der Waals surface area contributed by atoms with Crippen LogP contribution in [0.15, 0.2) is 12.4 Å². The van der Waals surface area contributed by atoms with Crippen molar-refractivity contribution in [2.75, 3.05) is 24.6 Å². The molecule has 1 aromatic heterocycles. The number of carbonyl (C=O) groups is 1. The van der Waals surface area contributed by atoms with Crippen LogP contribution in [0.4, 0.5) is 5.82 Å². The molecule has 0 radical (unpaired) electrons. The fourth-order valence-electron chi connectivity index (χ4n) is 1.96. The summed E-state index contributed by atoms with van der Waals surface area (Å²) >= 11 is 0. The number of aromatic carboxylic acids is 1. The molecule has 1 aromatic rings. The minimum atomic E-state index is -1.06. The van der Waals surface area contributed by atoms with Gasteiger partial charge in [0, 0.05) is 6.61 Å². The molecular formula is C11H15N3O3. The summed E-state index contributed by atoms with van der Waals surface area (Å²) in [7, 11) is 0. The molecule has 1 fully saturated rings. The van der Waals surface area contributed by atoms with Gasteiger partial charge in [0.25, 0.3) is 0 Å².